The van der Waals surface area contributed by atoms with Gasteiger partial charge >= 0.3 is 0 Å². The third-order valence-corrected chi connectivity index (χ3v) is 3.13. The molecule has 2 rings (SSSR count). The van der Waals surface area contributed by atoms with Gasteiger partial charge in [-0.05, 0) is 56.7 Å². The average molecular weight is 238 g/mol. The molecule has 0 bridgehead atoms. The van der Waals surface area contributed by atoms with Gasteiger partial charge in [0, 0.05) is 12.2 Å². The minimum atomic E-state index is 0.788. The Morgan fingerprint density at radius 2 is 2.00 bits per heavy atom. The molecule has 1 aromatic rings. The summed E-state index contributed by atoms with van der Waals surface area (Å²) >= 11 is 1.84. The van der Waals surface area contributed by atoms with Crippen LogP contribution in [0.1, 0.15) is 6.42 Å². The summed E-state index contributed by atoms with van der Waals surface area (Å²) in [5.74, 6) is 2.08. The van der Waals surface area contributed by atoms with Crippen LogP contribution in [0.15, 0.2) is 24.3 Å². The van der Waals surface area contributed by atoms with Gasteiger partial charge in [-0.2, -0.15) is 0 Å². The van der Waals surface area contributed by atoms with Crippen LogP contribution in [-0.4, -0.2) is 38.0 Å². The van der Waals surface area contributed by atoms with Crippen molar-refractivity contribution in [3.8, 4) is 5.75 Å². The SMILES string of the molecule is CN(C)CCCOc1ccc(N2CS2)cc1. The maximum Gasteiger partial charge on any atom is 0.119 e. The lowest BCUT2D eigenvalue weighted by atomic mass is 10.3. The van der Waals surface area contributed by atoms with Crippen molar-refractivity contribution in [2.75, 3.05) is 37.4 Å². The van der Waals surface area contributed by atoms with E-state index in [4.69, 9.17) is 4.74 Å². The van der Waals surface area contributed by atoms with E-state index in [1.165, 1.54) is 5.69 Å². The fourth-order valence-electron chi connectivity index (χ4n) is 1.46. The van der Waals surface area contributed by atoms with Gasteiger partial charge in [0.15, 0.2) is 0 Å². The fourth-order valence-corrected chi connectivity index (χ4v) is 1.93. The van der Waals surface area contributed by atoms with Gasteiger partial charge in [-0.15, -0.1) is 0 Å². The number of ether oxygens (including phenoxy) is 1. The molecule has 0 saturated carbocycles. The largest absolute Gasteiger partial charge is 0.494 e. The summed E-state index contributed by atoms with van der Waals surface area (Å²) in [6.07, 6.45) is 1.07. The molecule has 1 aromatic carbocycles. The molecule has 88 valence electrons. The van der Waals surface area contributed by atoms with E-state index in [1.54, 1.807) is 0 Å². The van der Waals surface area contributed by atoms with Gasteiger partial charge in [0.05, 0.1) is 12.5 Å². The number of nitrogens with zero attached hydrogens (tertiary/aromatic N) is 2. The Labute approximate surface area is 102 Å². The zero-order chi connectivity index (χ0) is 11.4. The number of benzene rings is 1. The van der Waals surface area contributed by atoms with E-state index >= 15 is 0 Å². The molecule has 0 N–H and O–H groups in total. The normalized spacial score (nSPS) is 14.3. The second-order valence-electron chi connectivity index (χ2n) is 4.14. The smallest absolute Gasteiger partial charge is 0.119 e. The van der Waals surface area contributed by atoms with Gasteiger partial charge in [-0.3, -0.25) is 0 Å². The summed E-state index contributed by atoms with van der Waals surface area (Å²) in [4.78, 5) is 2.17. The molecule has 1 saturated heterocycles. The van der Waals surface area contributed by atoms with E-state index in [1.807, 2.05) is 24.1 Å². The standard InChI is InChI=1S/C12H18N2OS/c1-13(2)8-3-9-15-12-6-4-11(5-7-12)14-10-16-14/h4-7H,3,8-10H2,1-2H3. The van der Waals surface area contributed by atoms with Gasteiger partial charge in [-0.1, -0.05) is 0 Å². The quantitative estimate of drug-likeness (QED) is 0.429. The lowest BCUT2D eigenvalue weighted by Crippen LogP contribution is -2.15. The molecule has 0 aliphatic carbocycles. The average Bonchev–Trinajstić information content (AvgIpc) is 3.09. The van der Waals surface area contributed by atoms with Crippen LogP contribution in [0.5, 0.6) is 5.75 Å². The molecule has 1 aliphatic heterocycles. The van der Waals surface area contributed by atoms with E-state index in [0.717, 1.165) is 31.2 Å². The second-order valence-corrected chi connectivity index (χ2v) is 5.09. The zero-order valence-electron chi connectivity index (χ0n) is 9.85. The second kappa shape index (κ2) is 5.46. The Hall–Kier alpha value is -0.870. The molecule has 0 spiro atoms. The van der Waals surface area contributed by atoms with E-state index in [9.17, 15) is 0 Å². The van der Waals surface area contributed by atoms with Crippen LogP contribution in [-0.2, 0) is 0 Å². The number of hydrogen-bond acceptors (Lipinski definition) is 4. The molecule has 0 atom stereocenters. The molecule has 4 heteroatoms. The Bertz CT molecular complexity index is 322. The predicted molar refractivity (Wildman–Crippen MR) is 70.0 cm³/mol. The molecule has 0 radical (unpaired) electrons. The summed E-state index contributed by atoms with van der Waals surface area (Å²) in [6, 6.07) is 8.32. The minimum Gasteiger partial charge on any atom is -0.494 e. The van der Waals surface area contributed by atoms with Crippen LogP contribution in [0.4, 0.5) is 5.69 Å². The molecule has 0 unspecified atom stereocenters. The van der Waals surface area contributed by atoms with Crippen LogP contribution in [0.3, 0.4) is 0 Å². The number of rotatable bonds is 6. The molecule has 1 aliphatic rings. The van der Waals surface area contributed by atoms with Crippen molar-refractivity contribution in [1.82, 2.24) is 4.90 Å². The maximum atomic E-state index is 5.66. The zero-order valence-corrected chi connectivity index (χ0v) is 10.7. The Morgan fingerprint density at radius 1 is 1.31 bits per heavy atom. The lowest BCUT2D eigenvalue weighted by molar-refractivity contribution is 0.281. The van der Waals surface area contributed by atoms with E-state index in [2.05, 4.69) is 35.4 Å². The highest BCUT2D eigenvalue weighted by Gasteiger charge is 2.19. The minimum absolute atomic E-state index is 0.788. The van der Waals surface area contributed by atoms with Crippen molar-refractivity contribution in [1.29, 1.82) is 0 Å². The summed E-state index contributed by atoms with van der Waals surface area (Å²) in [5, 5.41) is 0. The van der Waals surface area contributed by atoms with Crippen LogP contribution >= 0.6 is 11.9 Å². The Balaban J connectivity index is 1.72. The van der Waals surface area contributed by atoms with Crippen molar-refractivity contribution in [2.24, 2.45) is 0 Å². The Kier molecular flexibility index (Phi) is 3.96. The van der Waals surface area contributed by atoms with Crippen molar-refractivity contribution in [2.45, 2.75) is 6.42 Å². The number of anilines is 1. The molecule has 0 aromatic heterocycles. The van der Waals surface area contributed by atoms with Gasteiger partial charge in [-0.25, -0.2) is 0 Å². The van der Waals surface area contributed by atoms with E-state index < -0.39 is 0 Å². The maximum absolute atomic E-state index is 5.66. The third kappa shape index (κ3) is 3.61. The van der Waals surface area contributed by atoms with Crippen molar-refractivity contribution < 1.29 is 4.74 Å². The van der Waals surface area contributed by atoms with Crippen molar-refractivity contribution in [3.63, 3.8) is 0 Å². The van der Waals surface area contributed by atoms with Crippen LogP contribution in [0.2, 0.25) is 0 Å². The topological polar surface area (TPSA) is 15.5 Å². The molecule has 1 fully saturated rings. The molecule has 0 amide bonds. The molecule has 1 heterocycles. The molecule has 3 nitrogen and oxygen atoms in total. The van der Waals surface area contributed by atoms with Gasteiger partial charge in [0.25, 0.3) is 0 Å². The fraction of sp³-hybridized carbons (Fsp3) is 0.500. The monoisotopic (exact) mass is 238 g/mol. The highest BCUT2D eigenvalue weighted by atomic mass is 32.2. The van der Waals surface area contributed by atoms with E-state index in [-0.39, 0.29) is 0 Å². The van der Waals surface area contributed by atoms with Crippen LogP contribution < -0.4 is 9.04 Å². The first-order chi connectivity index (χ1) is 7.75. The first-order valence-corrected chi connectivity index (χ1v) is 6.48. The van der Waals surface area contributed by atoms with Crippen LogP contribution in [0.25, 0.3) is 0 Å². The third-order valence-electron chi connectivity index (χ3n) is 2.40. The van der Waals surface area contributed by atoms with Gasteiger partial charge < -0.3 is 13.9 Å². The summed E-state index contributed by atoms with van der Waals surface area (Å²) in [6.45, 7) is 1.86. The van der Waals surface area contributed by atoms with Crippen molar-refractivity contribution >= 4 is 17.6 Å². The van der Waals surface area contributed by atoms with Gasteiger partial charge in [0.2, 0.25) is 0 Å². The highest BCUT2D eigenvalue weighted by molar-refractivity contribution is 8.07. The first-order valence-electron chi connectivity index (χ1n) is 5.54. The van der Waals surface area contributed by atoms with Crippen molar-refractivity contribution in [3.05, 3.63) is 24.3 Å². The lowest BCUT2D eigenvalue weighted by Gasteiger charge is -2.10. The predicted octanol–water partition coefficient (Wildman–Crippen LogP) is 2.44. The molecular weight excluding hydrogens is 220 g/mol. The first kappa shape index (κ1) is 11.6. The highest BCUT2D eigenvalue weighted by Crippen LogP contribution is 2.36. The van der Waals surface area contributed by atoms with Crippen LogP contribution in [0, 0.1) is 0 Å². The summed E-state index contributed by atoms with van der Waals surface area (Å²) in [5.41, 5.74) is 1.27. The number of hydrogen-bond donors (Lipinski definition) is 0. The molecule has 16 heavy (non-hydrogen) atoms. The summed E-state index contributed by atoms with van der Waals surface area (Å²) < 4.78 is 7.91. The van der Waals surface area contributed by atoms with Gasteiger partial charge in [0.1, 0.15) is 5.75 Å². The van der Waals surface area contributed by atoms with E-state index in [0.29, 0.717) is 0 Å². The molecular formula is C12H18N2OS. The summed E-state index contributed by atoms with van der Waals surface area (Å²) in [7, 11) is 4.16. The Morgan fingerprint density at radius 3 is 2.56 bits per heavy atom.